The average molecular weight is 320 g/mol. The van der Waals surface area contributed by atoms with Crippen molar-refractivity contribution in [2.45, 2.75) is 26.2 Å². The summed E-state index contributed by atoms with van der Waals surface area (Å²) in [5.74, 6) is 1.85. The minimum absolute atomic E-state index is 0.310. The van der Waals surface area contributed by atoms with Gasteiger partial charge < -0.3 is 10.7 Å². The maximum atomic E-state index is 5.87. The van der Waals surface area contributed by atoms with Gasteiger partial charge in [-0.2, -0.15) is 0 Å². The second-order valence-corrected chi connectivity index (χ2v) is 6.43. The molecule has 3 rings (SSSR count). The van der Waals surface area contributed by atoms with E-state index in [2.05, 4.69) is 53.0 Å². The molecule has 1 unspecified atom stereocenters. The fourth-order valence-corrected chi connectivity index (χ4v) is 3.19. The van der Waals surface area contributed by atoms with Gasteiger partial charge in [0.1, 0.15) is 5.82 Å². The Labute approximate surface area is 121 Å². The fourth-order valence-electron chi connectivity index (χ4n) is 2.79. The van der Waals surface area contributed by atoms with Crippen LogP contribution in [0.3, 0.4) is 0 Å². The SMILES string of the molecule is CC(C)C(CN)c1nc2c([nH]1)Cc1cc(Br)ccc1-2. The second kappa shape index (κ2) is 4.76. The summed E-state index contributed by atoms with van der Waals surface area (Å²) < 4.78 is 1.12. The quantitative estimate of drug-likeness (QED) is 0.777. The van der Waals surface area contributed by atoms with E-state index in [1.807, 2.05) is 0 Å². The van der Waals surface area contributed by atoms with Crippen molar-refractivity contribution < 1.29 is 0 Å². The molecule has 0 spiro atoms. The molecule has 19 heavy (non-hydrogen) atoms. The number of benzene rings is 1. The molecule has 3 nitrogen and oxygen atoms in total. The van der Waals surface area contributed by atoms with E-state index in [-0.39, 0.29) is 0 Å². The third-order valence-electron chi connectivity index (χ3n) is 3.90. The van der Waals surface area contributed by atoms with Gasteiger partial charge >= 0.3 is 0 Å². The molecule has 1 aromatic carbocycles. The van der Waals surface area contributed by atoms with Crippen molar-refractivity contribution in [1.29, 1.82) is 0 Å². The number of halogens is 1. The molecular formula is C15H18BrN3. The molecule has 0 fully saturated rings. The Hall–Kier alpha value is -1.13. The van der Waals surface area contributed by atoms with Crippen molar-refractivity contribution in [2.24, 2.45) is 11.7 Å². The molecule has 0 bridgehead atoms. The lowest BCUT2D eigenvalue weighted by Gasteiger charge is -2.16. The van der Waals surface area contributed by atoms with Crippen molar-refractivity contribution >= 4 is 15.9 Å². The number of aromatic amines is 1. The molecule has 1 aliphatic rings. The molecule has 1 atom stereocenters. The lowest BCUT2D eigenvalue weighted by Crippen LogP contribution is -2.19. The summed E-state index contributed by atoms with van der Waals surface area (Å²) in [5.41, 5.74) is 10.8. The number of nitrogens with one attached hydrogen (secondary N) is 1. The molecule has 3 N–H and O–H groups in total. The first-order valence-electron chi connectivity index (χ1n) is 6.67. The van der Waals surface area contributed by atoms with Crippen LogP contribution in [0.25, 0.3) is 11.3 Å². The van der Waals surface area contributed by atoms with Crippen molar-refractivity contribution in [3.63, 3.8) is 0 Å². The van der Waals surface area contributed by atoms with Gasteiger partial charge in [0.05, 0.1) is 5.69 Å². The highest BCUT2D eigenvalue weighted by molar-refractivity contribution is 9.10. The van der Waals surface area contributed by atoms with Gasteiger partial charge in [0.25, 0.3) is 0 Å². The Morgan fingerprint density at radius 1 is 1.42 bits per heavy atom. The van der Waals surface area contributed by atoms with Crippen molar-refractivity contribution in [2.75, 3.05) is 6.54 Å². The first-order valence-corrected chi connectivity index (χ1v) is 7.47. The van der Waals surface area contributed by atoms with Gasteiger partial charge in [0, 0.05) is 34.6 Å². The maximum absolute atomic E-state index is 5.87. The molecule has 100 valence electrons. The minimum Gasteiger partial charge on any atom is -0.345 e. The fraction of sp³-hybridized carbons (Fsp3) is 0.400. The smallest absolute Gasteiger partial charge is 0.111 e. The third-order valence-corrected chi connectivity index (χ3v) is 4.39. The van der Waals surface area contributed by atoms with Crippen LogP contribution in [0.4, 0.5) is 0 Å². The van der Waals surface area contributed by atoms with Crippen molar-refractivity contribution in [1.82, 2.24) is 9.97 Å². The summed E-state index contributed by atoms with van der Waals surface area (Å²) in [5, 5.41) is 0. The van der Waals surface area contributed by atoms with Crippen LogP contribution in [-0.4, -0.2) is 16.5 Å². The first kappa shape index (κ1) is 12.9. The van der Waals surface area contributed by atoms with Crippen LogP contribution in [0.5, 0.6) is 0 Å². The predicted molar refractivity (Wildman–Crippen MR) is 81.2 cm³/mol. The molecule has 1 aliphatic carbocycles. The van der Waals surface area contributed by atoms with Crippen LogP contribution >= 0.6 is 15.9 Å². The summed E-state index contributed by atoms with van der Waals surface area (Å²) in [6.45, 7) is 5.02. The van der Waals surface area contributed by atoms with Crippen LogP contribution in [0.15, 0.2) is 22.7 Å². The highest BCUT2D eigenvalue weighted by atomic mass is 79.9. The van der Waals surface area contributed by atoms with Crippen LogP contribution < -0.4 is 5.73 Å². The average Bonchev–Trinajstić information content (AvgIpc) is 2.86. The number of hydrogen-bond acceptors (Lipinski definition) is 2. The van der Waals surface area contributed by atoms with E-state index in [1.54, 1.807) is 0 Å². The highest BCUT2D eigenvalue weighted by Crippen LogP contribution is 2.37. The van der Waals surface area contributed by atoms with Crippen LogP contribution in [0, 0.1) is 5.92 Å². The number of aromatic nitrogens is 2. The molecular weight excluding hydrogens is 302 g/mol. The number of nitrogens with two attached hydrogens (primary N) is 1. The standard InChI is InChI=1S/C15H18BrN3/c1-8(2)12(7-17)15-18-13-6-9-5-10(16)3-4-11(9)14(13)19-15/h3-5,8,12H,6-7,17H2,1-2H3,(H,18,19). The summed E-state index contributed by atoms with van der Waals surface area (Å²) >= 11 is 3.52. The number of imidazole rings is 1. The lowest BCUT2D eigenvalue weighted by molar-refractivity contribution is 0.486. The van der Waals surface area contributed by atoms with Crippen LogP contribution in [0.1, 0.15) is 36.8 Å². The monoisotopic (exact) mass is 319 g/mol. The number of hydrogen-bond donors (Lipinski definition) is 2. The van der Waals surface area contributed by atoms with Gasteiger partial charge in [-0.1, -0.05) is 35.8 Å². The number of rotatable bonds is 3. The zero-order chi connectivity index (χ0) is 13.6. The molecule has 1 heterocycles. The first-order chi connectivity index (χ1) is 9.10. The summed E-state index contributed by atoms with van der Waals surface area (Å²) in [6.07, 6.45) is 0.937. The maximum Gasteiger partial charge on any atom is 0.111 e. The molecule has 0 aliphatic heterocycles. The van der Waals surface area contributed by atoms with Gasteiger partial charge in [-0.15, -0.1) is 0 Å². The molecule has 0 amide bonds. The highest BCUT2D eigenvalue weighted by Gasteiger charge is 2.26. The van der Waals surface area contributed by atoms with Crippen molar-refractivity contribution in [3.8, 4) is 11.3 Å². The number of H-pyrrole nitrogens is 1. The van der Waals surface area contributed by atoms with E-state index in [0.717, 1.165) is 22.4 Å². The van der Waals surface area contributed by atoms with Crippen molar-refractivity contribution in [3.05, 3.63) is 39.8 Å². The van der Waals surface area contributed by atoms with Gasteiger partial charge in [-0.25, -0.2) is 4.98 Å². The van der Waals surface area contributed by atoms with Crippen LogP contribution in [0.2, 0.25) is 0 Å². The molecule has 0 saturated heterocycles. The molecule has 0 radical (unpaired) electrons. The van der Waals surface area contributed by atoms with E-state index >= 15 is 0 Å². The normalized spacial score (nSPS) is 14.6. The molecule has 0 saturated carbocycles. The van der Waals surface area contributed by atoms with E-state index in [4.69, 9.17) is 10.7 Å². The Balaban J connectivity index is 2.01. The minimum atomic E-state index is 0.310. The van der Waals surface area contributed by atoms with Gasteiger partial charge in [0.2, 0.25) is 0 Å². The van der Waals surface area contributed by atoms with Gasteiger partial charge in [0.15, 0.2) is 0 Å². The Kier molecular flexibility index (Phi) is 3.23. The summed E-state index contributed by atoms with van der Waals surface area (Å²) in [6, 6.07) is 6.39. The van der Waals surface area contributed by atoms with Gasteiger partial charge in [-0.3, -0.25) is 0 Å². The van der Waals surface area contributed by atoms with Gasteiger partial charge in [-0.05, 0) is 23.6 Å². The summed E-state index contributed by atoms with van der Waals surface area (Å²) in [4.78, 5) is 8.29. The Morgan fingerprint density at radius 3 is 2.89 bits per heavy atom. The number of fused-ring (bicyclic) bond motifs is 3. The lowest BCUT2D eigenvalue weighted by atomic mass is 9.95. The Morgan fingerprint density at radius 2 is 2.21 bits per heavy atom. The predicted octanol–water partition coefficient (Wildman–Crippen LogP) is 3.44. The second-order valence-electron chi connectivity index (χ2n) is 5.51. The third kappa shape index (κ3) is 2.13. The van der Waals surface area contributed by atoms with Crippen LogP contribution in [-0.2, 0) is 6.42 Å². The zero-order valence-corrected chi connectivity index (χ0v) is 12.8. The van der Waals surface area contributed by atoms with E-state index in [1.165, 1.54) is 16.8 Å². The van der Waals surface area contributed by atoms with E-state index in [9.17, 15) is 0 Å². The van der Waals surface area contributed by atoms with E-state index < -0.39 is 0 Å². The Bertz CT molecular complexity index is 616. The summed E-state index contributed by atoms with van der Waals surface area (Å²) in [7, 11) is 0. The number of nitrogens with zero attached hydrogens (tertiary/aromatic N) is 1. The largest absolute Gasteiger partial charge is 0.345 e. The molecule has 2 aromatic rings. The molecule has 1 aromatic heterocycles. The van der Waals surface area contributed by atoms with E-state index in [0.29, 0.717) is 18.4 Å². The molecule has 4 heteroatoms. The topological polar surface area (TPSA) is 54.7 Å². The zero-order valence-electron chi connectivity index (χ0n) is 11.2.